The van der Waals surface area contributed by atoms with Gasteiger partial charge in [0.25, 0.3) is 5.91 Å². The first-order valence-corrected chi connectivity index (χ1v) is 8.64. The van der Waals surface area contributed by atoms with Crippen molar-refractivity contribution in [3.8, 4) is 0 Å². The number of thioether (sulfide) groups is 1. The summed E-state index contributed by atoms with van der Waals surface area (Å²) in [4.78, 5) is 23.3. The molecule has 0 saturated carbocycles. The van der Waals surface area contributed by atoms with Crippen LogP contribution in [0.4, 0.5) is 23.2 Å². The Balaban J connectivity index is 2.09. The molecule has 2 rings (SSSR count). The van der Waals surface area contributed by atoms with Gasteiger partial charge < -0.3 is 10.1 Å². The second kappa shape index (κ2) is 8.84. The van der Waals surface area contributed by atoms with Crippen molar-refractivity contribution in [2.24, 2.45) is 0 Å². The molecule has 0 aliphatic rings. The fraction of sp³-hybridized carbons (Fsp3) is 0.222. The maximum atomic E-state index is 13.8. The van der Waals surface area contributed by atoms with E-state index in [1.807, 2.05) is 0 Å². The van der Waals surface area contributed by atoms with Crippen molar-refractivity contribution in [2.75, 3.05) is 11.1 Å². The van der Waals surface area contributed by atoms with E-state index in [0.29, 0.717) is 30.7 Å². The minimum atomic E-state index is -1.63. The molecule has 0 radical (unpaired) electrons. The van der Waals surface area contributed by atoms with Crippen LogP contribution in [0.3, 0.4) is 0 Å². The molecule has 8 heteroatoms. The van der Waals surface area contributed by atoms with Crippen molar-refractivity contribution in [3.63, 3.8) is 0 Å². The highest BCUT2D eigenvalue weighted by Crippen LogP contribution is 2.25. The van der Waals surface area contributed by atoms with Crippen molar-refractivity contribution in [1.29, 1.82) is 0 Å². The highest BCUT2D eigenvalue weighted by atomic mass is 32.2. The molecule has 0 atom stereocenters. The average molecular weight is 385 g/mol. The van der Waals surface area contributed by atoms with Crippen molar-refractivity contribution < 1.29 is 27.2 Å². The quantitative estimate of drug-likeness (QED) is 0.317. The molecule has 1 N–H and O–H groups in total. The Labute approximate surface area is 151 Å². The summed E-state index contributed by atoms with van der Waals surface area (Å²) in [5, 5.41) is 2.23. The number of carbonyl (C=O) groups excluding carboxylic acids is 2. The minimum Gasteiger partial charge on any atom is -0.322 e. The largest absolute Gasteiger partial charge is 0.322 e. The molecule has 0 aromatic heterocycles. The van der Waals surface area contributed by atoms with E-state index < -0.39 is 29.2 Å². The molecule has 26 heavy (non-hydrogen) atoms. The first-order valence-electron chi connectivity index (χ1n) is 7.65. The molecule has 3 nitrogen and oxygen atoms in total. The number of hydrogen-bond acceptors (Lipinski definition) is 3. The zero-order chi connectivity index (χ0) is 19.3. The number of halogens is 4. The Morgan fingerprint density at radius 1 is 1.00 bits per heavy atom. The van der Waals surface area contributed by atoms with E-state index in [0.717, 1.165) is 17.8 Å². The molecule has 0 saturated heterocycles. The van der Waals surface area contributed by atoms with Crippen molar-refractivity contribution >= 4 is 29.1 Å². The van der Waals surface area contributed by atoms with Gasteiger partial charge in [0.15, 0.2) is 17.5 Å². The summed E-state index contributed by atoms with van der Waals surface area (Å²) in [5.41, 5.74) is -0.183. The Hall–Kier alpha value is -2.35. The molecule has 0 unspecified atom stereocenters. The predicted molar refractivity (Wildman–Crippen MR) is 91.3 cm³/mol. The molecule has 0 heterocycles. The molecular weight excluding hydrogens is 370 g/mol. The van der Waals surface area contributed by atoms with Crippen LogP contribution in [0.1, 0.15) is 30.1 Å². The van der Waals surface area contributed by atoms with Crippen molar-refractivity contribution in [2.45, 2.75) is 24.7 Å². The monoisotopic (exact) mass is 385 g/mol. The van der Waals surface area contributed by atoms with Crippen LogP contribution in [0.2, 0.25) is 0 Å². The number of carbonyl (C=O) groups is 2. The summed E-state index contributed by atoms with van der Waals surface area (Å²) in [6.45, 7) is 1.47. The standard InChI is InChI=1S/C18H15F4NO2S/c1-10(24)3-2-6-26-16-7-11(4-5-13(16)19)18(25)23-12-8-14(20)17(22)15(21)9-12/h4-5,7-9H,2-3,6H2,1H3,(H,23,25). The normalized spacial score (nSPS) is 10.7. The van der Waals surface area contributed by atoms with Gasteiger partial charge in [-0.1, -0.05) is 0 Å². The number of rotatable bonds is 7. The van der Waals surface area contributed by atoms with Gasteiger partial charge in [0.1, 0.15) is 11.6 Å². The molecule has 0 aliphatic carbocycles. The molecule has 2 aromatic rings. The predicted octanol–water partition coefficient (Wildman–Crippen LogP) is 4.96. The van der Waals surface area contributed by atoms with Gasteiger partial charge >= 0.3 is 0 Å². The highest BCUT2D eigenvalue weighted by Gasteiger charge is 2.14. The van der Waals surface area contributed by atoms with Crippen molar-refractivity contribution in [3.05, 3.63) is 59.2 Å². The van der Waals surface area contributed by atoms with E-state index in [1.165, 1.54) is 19.1 Å². The molecular formula is C18H15F4NO2S. The zero-order valence-corrected chi connectivity index (χ0v) is 14.6. The summed E-state index contributed by atoms with van der Waals surface area (Å²) in [5.74, 6) is -5.20. The summed E-state index contributed by atoms with van der Waals surface area (Å²) >= 11 is 1.16. The van der Waals surface area contributed by atoms with Crippen LogP contribution in [-0.4, -0.2) is 17.4 Å². The average Bonchev–Trinajstić information content (AvgIpc) is 2.57. The molecule has 0 aliphatic heterocycles. The fourth-order valence-electron chi connectivity index (χ4n) is 2.09. The molecule has 138 valence electrons. The summed E-state index contributed by atoms with van der Waals surface area (Å²) in [6, 6.07) is 4.93. The third-order valence-electron chi connectivity index (χ3n) is 3.37. The van der Waals surface area contributed by atoms with Crippen LogP contribution >= 0.6 is 11.8 Å². The maximum absolute atomic E-state index is 13.8. The lowest BCUT2D eigenvalue weighted by atomic mass is 10.2. The second-order valence-electron chi connectivity index (χ2n) is 5.51. The number of ketones is 1. The first kappa shape index (κ1) is 20.0. The molecule has 0 fully saturated rings. The molecule has 2 aromatic carbocycles. The van der Waals surface area contributed by atoms with Gasteiger partial charge in [0.05, 0.1) is 0 Å². The van der Waals surface area contributed by atoms with Gasteiger partial charge in [-0.25, -0.2) is 17.6 Å². The Morgan fingerprint density at radius 2 is 1.65 bits per heavy atom. The van der Waals surface area contributed by atoms with Crippen LogP contribution in [0.25, 0.3) is 0 Å². The third-order valence-corrected chi connectivity index (χ3v) is 4.48. The Morgan fingerprint density at radius 3 is 2.27 bits per heavy atom. The number of Topliss-reactive ketones (excluding diaryl/α,β-unsaturated/α-hetero) is 1. The van der Waals surface area contributed by atoms with Gasteiger partial charge in [-0.15, -0.1) is 11.8 Å². The van der Waals surface area contributed by atoms with Gasteiger partial charge in [-0.05, 0) is 37.3 Å². The maximum Gasteiger partial charge on any atom is 0.255 e. The smallest absolute Gasteiger partial charge is 0.255 e. The minimum absolute atomic E-state index is 0.0398. The lowest BCUT2D eigenvalue weighted by molar-refractivity contribution is -0.117. The first-order chi connectivity index (χ1) is 12.3. The van der Waals surface area contributed by atoms with Gasteiger partial charge in [0.2, 0.25) is 0 Å². The molecule has 0 spiro atoms. The van der Waals surface area contributed by atoms with Crippen LogP contribution in [0.15, 0.2) is 35.2 Å². The number of hydrogen-bond donors (Lipinski definition) is 1. The SMILES string of the molecule is CC(=O)CCCSc1cc(C(=O)Nc2cc(F)c(F)c(F)c2)ccc1F. The van der Waals surface area contributed by atoms with Gasteiger partial charge in [-0.2, -0.15) is 0 Å². The van der Waals surface area contributed by atoms with Crippen molar-refractivity contribution in [1.82, 2.24) is 0 Å². The number of benzene rings is 2. The zero-order valence-electron chi connectivity index (χ0n) is 13.7. The lowest BCUT2D eigenvalue weighted by Gasteiger charge is -2.09. The van der Waals surface area contributed by atoms with E-state index >= 15 is 0 Å². The van der Waals surface area contributed by atoms with E-state index in [4.69, 9.17) is 0 Å². The topological polar surface area (TPSA) is 46.2 Å². The van der Waals surface area contributed by atoms with E-state index in [-0.39, 0.29) is 21.9 Å². The fourth-order valence-corrected chi connectivity index (χ4v) is 3.01. The van der Waals surface area contributed by atoms with E-state index in [2.05, 4.69) is 5.32 Å². The molecule has 1 amide bonds. The highest BCUT2D eigenvalue weighted by molar-refractivity contribution is 7.99. The van der Waals surface area contributed by atoms with Gasteiger partial charge in [0, 0.05) is 34.7 Å². The van der Waals surface area contributed by atoms with Gasteiger partial charge in [-0.3, -0.25) is 4.79 Å². The summed E-state index contributed by atoms with van der Waals surface area (Å²) < 4.78 is 53.2. The third kappa shape index (κ3) is 5.32. The molecule has 0 bridgehead atoms. The number of amides is 1. The lowest BCUT2D eigenvalue weighted by Crippen LogP contribution is -2.13. The van der Waals surface area contributed by atoms with E-state index in [1.54, 1.807) is 0 Å². The van der Waals surface area contributed by atoms with Crippen LogP contribution < -0.4 is 5.32 Å². The van der Waals surface area contributed by atoms with E-state index in [9.17, 15) is 27.2 Å². The summed E-state index contributed by atoms with van der Waals surface area (Å²) in [6.07, 6.45) is 0.959. The van der Waals surface area contributed by atoms with Crippen LogP contribution in [0.5, 0.6) is 0 Å². The second-order valence-corrected chi connectivity index (χ2v) is 6.64. The number of anilines is 1. The van der Waals surface area contributed by atoms with Crippen LogP contribution in [-0.2, 0) is 4.79 Å². The number of nitrogens with one attached hydrogen (secondary N) is 1. The Bertz CT molecular complexity index is 819. The van der Waals surface area contributed by atoms with Crippen LogP contribution in [0, 0.1) is 23.3 Å². The Kier molecular flexibility index (Phi) is 6.79. The summed E-state index contributed by atoms with van der Waals surface area (Å²) in [7, 11) is 0.